The third-order valence-corrected chi connectivity index (χ3v) is 5.32. The zero-order valence-electron chi connectivity index (χ0n) is 17.0. The van der Waals surface area contributed by atoms with Gasteiger partial charge in [0.1, 0.15) is 6.10 Å². The van der Waals surface area contributed by atoms with Crippen molar-refractivity contribution < 1.29 is 4.74 Å². The zero-order chi connectivity index (χ0) is 20.1. The summed E-state index contributed by atoms with van der Waals surface area (Å²) >= 11 is 0. The Hall–Kier alpha value is -3.12. The smallest absolute Gasteiger partial charge is 0.194 e. The molecule has 1 aliphatic rings. The van der Waals surface area contributed by atoms with Gasteiger partial charge in [-0.2, -0.15) is 0 Å². The summed E-state index contributed by atoms with van der Waals surface area (Å²) in [5.41, 5.74) is 4.82. The van der Waals surface area contributed by atoms with Gasteiger partial charge < -0.3 is 19.5 Å². The summed E-state index contributed by atoms with van der Waals surface area (Å²) in [5.74, 6) is 0.896. The van der Waals surface area contributed by atoms with Crippen LogP contribution in [0.3, 0.4) is 0 Å². The monoisotopic (exact) mass is 389 g/mol. The van der Waals surface area contributed by atoms with Gasteiger partial charge >= 0.3 is 0 Å². The van der Waals surface area contributed by atoms with Crippen LogP contribution in [0, 0.1) is 6.92 Å². The molecule has 3 aromatic rings. The maximum Gasteiger partial charge on any atom is 0.194 e. The SMILES string of the molecule is CN=C(NCc1ccccc1-n1ccnc1)N1CCOC(c2ccccc2C)C1. The second-order valence-corrected chi connectivity index (χ2v) is 7.16. The number of nitrogens with zero attached hydrogens (tertiary/aromatic N) is 4. The molecule has 0 aliphatic carbocycles. The molecule has 0 radical (unpaired) electrons. The van der Waals surface area contributed by atoms with E-state index >= 15 is 0 Å². The molecule has 1 unspecified atom stereocenters. The number of guanidine groups is 1. The predicted octanol–water partition coefficient (Wildman–Crippen LogP) is 3.33. The van der Waals surface area contributed by atoms with Crippen LogP contribution < -0.4 is 5.32 Å². The normalized spacial score (nSPS) is 17.4. The summed E-state index contributed by atoms with van der Waals surface area (Å²) in [4.78, 5) is 11.0. The number of ether oxygens (including phenoxy) is 1. The fourth-order valence-corrected chi connectivity index (χ4v) is 3.80. The Bertz CT molecular complexity index is 967. The van der Waals surface area contributed by atoms with Crippen LogP contribution in [-0.4, -0.2) is 47.2 Å². The molecule has 0 spiro atoms. The number of hydrogen-bond acceptors (Lipinski definition) is 3. The zero-order valence-corrected chi connectivity index (χ0v) is 17.0. The highest BCUT2D eigenvalue weighted by molar-refractivity contribution is 5.80. The van der Waals surface area contributed by atoms with Crippen molar-refractivity contribution in [3.63, 3.8) is 0 Å². The number of benzene rings is 2. The Balaban J connectivity index is 1.46. The fraction of sp³-hybridized carbons (Fsp3) is 0.304. The first kappa shape index (κ1) is 19.2. The van der Waals surface area contributed by atoms with Crippen molar-refractivity contribution in [3.05, 3.63) is 83.9 Å². The number of aromatic nitrogens is 2. The van der Waals surface area contributed by atoms with E-state index in [1.807, 2.05) is 30.2 Å². The number of aliphatic imine (C=N–C) groups is 1. The van der Waals surface area contributed by atoms with Crippen LogP contribution in [0.2, 0.25) is 0 Å². The van der Waals surface area contributed by atoms with Gasteiger partial charge in [0.15, 0.2) is 5.96 Å². The molecule has 1 saturated heterocycles. The first-order chi connectivity index (χ1) is 14.3. The molecule has 2 aromatic carbocycles. The van der Waals surface area contributed by atoms with E-state index in [2.05, 4.69) is 69.6 Å². The summed E-state index contributed by atoms with van der Waals surface area (Å²) in [6.45, 7) is 5.12. The van der Waals surface area contributed by atoms with E-state index in [9.17, 15) is 0 Å². The molecule has 0 bridgehead atoms. The van der Waals surface area contributed by atoms with Crippen LogP contribution in [0.4, 0.5) is 0 Å². The van der Waals surface area contributed by atoms with Crippen molar-refractivity contribution in [1.29, 1.82) is 0 Å². The lowest BCUT2D eigenvalue weighted by atomic mass is 10.0. The first-order valence-corrected chi connectivity index (χ1v) is 9.95. The van der Waals surface area contributed by atoms with E-state index in [1.165, 1.54) is 16.7 Å². The van der Waals surface area contributed by atoms with Crippen molar-refractivity contribution >= 4 is 5.96 Å². The minimum Gasteiger partial charge on any atom is -0.370 e. The van der Waals surface area contributed by atoms with Crippen molar-refractivity contribution in [3.8, 4) is 5.69 Å². The van der Waals surface area contributed by atoms with Gasteiger partial charge in [-0.25, -0.2) is 4.98 Å². The van der Waals surface area contributed by atoms with Crippen LogP contribution in [0.15, 0.2) is 72.2 Å². The van der Waals surface area contributed by atoms with E-state index in [0.29, 0.717) is 13.2 Å². The van der Waals surface area contributed by atoms with Gasteiger partial charge in [-0.15, -0.1) is 0 Å². The molecule has 4 rings (SSSR count). The summed E-state index contributed by atoms with van der Waals surface area (Å²) in [7, 11) is 1.84. The largest absolute Gasteiger partial charge is 0.370 e. The first-order valence-electron chi connectivity index (χ1n) is 9.95. The maximum atomic E-state index is 6.07. The van der Waals surface area contributed by atoms with Crippen LogP contribution in [0.1, 0.15) is 22.8 Å². The van der Waals surface area contributed by atoms with E-state index in [-0.39, 0.29) is 6.10 Å². The summed E-state index contributed by atoms with van der Waals surface area (Å²) in [5, 5.41) is 3.53. The minimum atomic E-state index is 0.0572. The predicted molar refractivity (Wildman–Crippen MR) is 115 cm³/mol. The molecule has 2 heterocycles. The van der Waals surface area contributed by atoms with Crippen LogP contribution in [0.25, 0.3) is 5.69 Å². The second kappa shape index (κ2) is 8.92. The molecule has 1 aliphatic heterocycles. The average molecular weight is 390 g/mol. The number of imidazole rings is 1. The highest BCUT2D eigenvalue weighted by Crippen LogP contribution is 2.25. The quantitative estimate of drug-likeness (QED) is 0.549. The number of hydrogen-bond donors (Lipinski definition) is 1. The number of morpholine rings is 1. The van der Waals surface area contributed by atoms with Crippen molar-refractivity contribution in [2.24, 2.45) is 4.99 Å². The number of nitrogens with one attached hydrogen (secondary N) is 1. The molecule has 150 valence electrons. The Morgan fingerprint density at radius 1 is 1.21 bits per heavy atom. The van der Waals surface area contributed by atoms with Gasteiger partial charge in [0.2, 0.25) is 0 Å². The molecule has 6 heteroatoms. The lowest BCUT2D eigenvalue weighted by Crippen LogP contribution is -2.48. The summed E-state index contributed by atoms with van der Waals surface area (Å²) in [6, 6.07) is 16.8. The molecule has 1 fully saturated rings. The molecule has 6 nitrogen and oxygen atoms in total. The van der Waals surface area contributed by atoms with E-state index in [0.717, 1.165) is 24.7 Å². The summed E-state index contributed by atoms with van der Waals surface area (Å²) < 4.78 is 8.10. The Morgan fingerprint density at radius 2 is 2.03 bits per heavy atom. The lowest BCUT2D eigenvalue weighted by Gasteiger charge is -2.35. The van der Waals surface area contributed by atoms with Gasteiger partial charge in [-0.05, 0) is 29.7 Å². The molecule has 1 atom stereocenters. The molecule has 29 heavy (non-hydrogen) atoms. The third kappa shape index (κ3) is 4.32. The highest BCUT2D eigenvalue weighted by Gasteiger charge is 2.25. The maximum absolute atomic E-state index is 6.07. The average Bonchev–Trinajstić information content (AvgIpc) is 3.30. The number of rotatable bonds is 4. The molecular formula is C23H27N5O. The van der Waals surface area contributed by atoms with E-state index < -0.39 is 0 Å². The van der Waals surface area contributed by atoms with E-state index in [4.69, 9.17) is 4.74 Å². The van der Waals surface area contributed by atoms with Gasteiger partial charge in [0, 0.05) is 32.5 Å². The molecule has 0 amide bonds. The molecule has 0 saturated carbocycles. The van der Waals surface area contributed by atoms with Crippen molar-refractivity contribution in [2.75, 3.05) is 26.7 Å². The van der Waals surface area contributed by atoms with Gasteiger partial charge in [0.05, 0.1) is 25.2 Å². The van der Waals surface area contributed by atoms with Gasteiger partial charge in [0.25, 0.3) is 0 Å². The number of aryl methyl sites for hydroxylation is 1. The third-order valence-electron chi connectivity index (χ3n) is 5.32. The Labute approximate surface area is 171 Å². The van der Waals surface area contributed by atoms with Gasteiger partial charge in [-0.3, -0.25) is 4.99 Å². The van der Waals surface area contributed by atoms with Crippen LogP contribution in [0.5, 0.6) is 0 Å². The number of para-hydroxylation sites is 1. The van der Waals surface area contributed by atoms with Crippen molar-refractivity contribution in [1.82, 2.24) is 19.8 Å². The topological polar surface area (TPSA) is 54.7 Å². The second-order valence-electron chi connectivity index (χ2n) is 7.16. The van der Waals surface area contributed by atoms with Gasteiger partial charge in [-0.1, -0.05) is 42.5 Å². The Kier molecular flexibility index (Phi) is 5.91. The van der Waals surface area contributed by atoms with E-state index in [1.54, 1.807) is 6.20 Å². The highest BCUT2D eigenvalue weighted by atomic mass is 16.5. The van der Waals surface area contributed by atoms with Crippen LogP contribution in [-0.2, 0) is 11.3 Å². The molecular weight excluding hydrogens is 362 g/mol. The van der Waals surface area contributed by atoms with Crippen molar-refractivity contribution in [2.45, 2.75) is 19.6 Å². The minimum absolute atomic E-state index is 0.0572. The fourth-order valence-electron chi connectivity index (χ4n) is 3.80. The van der Waals surface area contributed by atoms with Crippen LogP contribution >= 0.6 is 0 Å². The Morgan fingerprint density at radius 3 is 2.83 bits per heavy atom. The molecule has 1 N–H and O–H groups in total. The standard InChI is InChI=1S/C23H27N5O/c1-18-7-3-5-9-20(18)22-16-27(13-14-29-22)23(24-2)26-15-19-8-4-6-10-21(19)28-12-11-25-17-28/h3-12,17,22H,13-16H2,1-2H3,(H,24,26). The lowest BCUT2D eigenvalue weighted by molar-refractivity contribution is -0.00833. The molecule has 1 aromatic heterocycles. The summed E-state index contributed by atoms with van der Waals surface area (Å²) in [6.07, 6.45) is 5.63.